The number of hydrogen-bond donors (Lipinski definition) is 1. The molecule has 2 N–H and O–H groups in total. The zero-order valence-corrected chi connectivity index (χ0v) is 18.8. The first kappa shape index (κ1) is 20.2. The van der Waals surface area contributed by atoms with Crippen LogP contribution in [0.5, 0.6) is 5.75 Å². The summed E-state index contributed by atoms with van der Waals surface area (Å²) < 4.78 is 5.86. The Labute approximate surface area is 191 Å². The van der Waals surface area contributed by atoms with E-state index in [1.54, 1.807) is 22.3 Å². The maximum Gasteiger partial charge on any atom is 0.260 e. The van der Waals surface area contributed by atoms with Gasteiger partial charge in [0, 0.05) is 22.5 Å². The number of carbonyl (C=O) groups excluding carboxylic acids is 1. The number of rotatable bonds is 3. The van der Waals surface area contributed by atoms with Gasteiger partial charge in [0.2, 0.25) is 0 Å². The lowest BCUT2D eigenvalue weighted by molar-refractivity contribution is -0.134. The SMILES string of the molecule is Cc1ccc2c(Cl)cc(Cl)c(OCC(=O)N3CCc4c(sc5ncnc(N)c45)C3)c2n1. The monoisotopic (exact) mass is 473 g/mol. The number of anilines is 1. The van der Waals surface area contributed by atoms with Gasteiger partial charge in [-0.15, -0.1) is 11.3 Å². The topological polar surface area (TPSA) is 94.2 Å². The van der Waals surface area contributed by atoms with Crippen molar-refractivity contribution in [2.75, 3.05) is 18.9 Å². The first-order valence-corrected chi connectivity index (χ1v) is 11.2. The van der Waals surface area contributed by atoms with Crippen LogP contribution in [0.4, 0.5) is 5.82 Å². The van der Waals surface area contributed by atoms with E-state index in [4.69, 9.17) is 33.7 Å². The Balaban J connectivity index is 1.37. The average Bonchev–Trinajstić information content (AvgIpc) is 3.12. The number of halogens is 2. The van der Waals surface area contributed by atoms with Crippen LogP contribution in [-0.2, 0) is 17.8 Å². The Morgan fingerprint density at radius 2 is 2.13 bits per heavy atom. The lowest BCUT2D eigenvalue weighted by Gasteiger charge is -2.27. The van der Waals surface area contributed by atoms with Gasteiger partial charge in [0.15, 0.2) is 12.4 Å². The summed E-state index contributed by atoms with van der Waals surface area (Å²) in [5, 5.41) is 2.45. The van der Waals surface area contributed by atoms with Gasteiger partial charge >= 0.3 is 0 Å². The number of aryl methyl sites for hydroxylation is 1. The molecule has 0 bridgehead atoms. The highest BCUT2D eigenvalue weighted by Crippen LogP contribution is 2.38. The van der Waals surface area contributed by atoms with Crippen LogP contribution in [0.15, 0.2) is 24.5 Å². The van der Waals surface area contributed by atoms with Gasteiger partial charge in [-0.25, -0.2) is 15.0 Å². The molecule has 0 spiro atoms. The van der Waals surface area contributed by atoms with E-state index in [0.717, 1.165) is 31.7 Å². The molecule has 1 aliphatic heterocycles. The molecule has 1 aliphatic rings. The van der Waals surface area contributed by atoms with E-state index in [9.17, 15) is 4.79 Å². The van der Waals surface area contributed by atoms with Crippen LogP contribution in [0.3, 0.4) is 0 Å². The van der Waals surface area contributed by atoms with E-state index in [1.165, 1.54) is 6.33 Å². The number of nitrogen functional groups attached to an aromatic ring is 1. The molecule has 4 heterocycles. The van der Waals surface area contributed by atoms with Crippen molar-refractivity contribution in [1.29, 1.82) is 0 Å². The number of amides is 1. The minimum absolute atomic E-state index is 0.131. The number of nitrogens with two attached hydrogens (primary N) is 1. The fourth-order valence-electron chi connectivity index (χ4n) is 3.82. The van der Waals surface area contributed by atoms with Crippen molar-refractivity contribution in [3.05, 3.63) is 50.7 Å². The van der Waals surface area contributed by atoms with Gasteiger partial charge in [-0.2, -0.15) is 0 Å². The van der Waals surface area contributed by atoms with Crippen LogP contribution in [0.1, 0.15) is 16.1 Å². The minimum atomic E-state index is -0.145. The van der Waals surface area contributed by atoms with Crippen molar-refractivity contribution in [2.24, 2.45) is 0 Å². The van der Waals surface area contributed by atoms with Gasteiger partial charge in [0.05, 0.1) is 22.0 Å². The molecule has 1 aromatic carbocycles. The van der Waals surface area contributed by atoms with Crippen LogP contribution >= 0.6 is 34.5 Å². The number of fused-ring (bicyclic) bond motifs is 4. The van der Waals surface area contributed by atoms with Gasteiger partial charge in [0.25, 0.3) is 5.91 Å². The number of benzene rings is 1. The molecular weight excluding hydrogens is 457 g/mol. The summed E-state index contributed by atoms with van der Waals surface area (Å²) >= 11 is 14.2. The second-order valence-corrected chi connectivity index (χ2v) is 9.21. The first-order chi connectivity index (χ1) is 14.9. The van der Waals surface area contributed by atoms with E-state index < -0.39 is 0 Å². The molecule has 1 amide bonds. The smallest absolute Gasteiger partial charge is 0.260 e. The molecule has 10 heteroatoms. The number of nitrogens with zero attached hydrogens (tertiary/aromatic N) is 4. The van der Waals surface area contributed by atoms with Crippen LogP contribution in [-0.4, -0.2) is 38.9 Å². The molecule has 31 heavy (non-hydrogen) atoms. The first-order valence-electron chi connectivity index (χ1n) is 9.59. The van der Waals surface area contributed by atoms with Gasteiger partial charge in [0.1, 0.15) is 22.5 Å². The minimum Gasteiger partial charge on any atom is -0.480 e. The molecule has 4 aromatic rings. The van der Waals surface area contributed by atoms with E-state index >= 15 is 0 Å². The van der Waals surface area contributed by atoms with Crippen LogP contribution in [0.25, 0.3) is 21.1 Å². The molecule has 7 nitrogen and oxygen atoms in total. The molecular formula is C21H17Cl2N5O2S. The summed E-state index contributed by atoms with van der Waals surface area (Å²) in [5.41, 5.74) is 8.52. The number of thiophene rings is 1. The fourth-order valence-corrected chi connectivity index (χ4v) is 5.60. The molecule has 0 saturated heterocycles. The lowest BCUT2D eigenvalue weighted by Crippen LogP contribution is -2.38. The predicted molar refractivity (Wildman–Crippen MR) is 123 cm³/mol. The van der Waals surface area contributed by atoms with Crippen LogP contribution in [0.2, 0.25) is 10.0 Å². The number of carbonyl (C=O) groups is 1. The third-order valence-electron chi connectivity index (χ3n) is 5.34. The van der Waals surface area contributed by atoms with E-state index in [-0.39, 0.29) is 12.5 Å². The Hall–Kier alpha value is -2.68. The summed E-state index contributed by atoms with van der Waals surface area (Å²) in [7, 11) is 0. The predicted octanol–water partition coefficient (Wildman–Crippen LogP) is 4.40. The highest BCUT2D eigenvalue weighted by molar-refractivity contribution is 7.19. The Morgan fingerprint density at radius 3 is 2.97 bits per heavy atom. The fraction of sp³-hybridized carbons (Fsp3) is 0.238. The van der Waals surface area contributed by atoms with Gasteiger partial charge in [-0.3, -0.25) is 4.79 Å². The highest BCUT2D eigenvalue weighted by atomic mass is 35.5. The van der Waals surface area contributed by atoms with Crippen molar-refractivity contribution >= 4 is 67.4 Å². The van der Waals surface area contributed by atoms with Gasteiger partial charge in [-0.1, -0.05) is 23.2 Å². The molecule has 3 aromatic heterocycles. The molecule has 0 aliphatic carbocycles. The zero-order valence-electron chi connectivity index (χ0n) is 16.5. The maximum atomic E-state index is 12.9. The van der Waals surface area contributed by atoms with Crippen LogP contribution < -0.4 is 10.5 Å². The van der Waals surface area contributed by atoms with Crippen molar-refractivity contribution in [3.8, 4) is 5.75 Å². The largest absolute Gasteiger partial charge is 0.480 e. The standard InChI is InChI=1S/C21H17Cl2N5O2S/c1-10-2-3-11-13(22)6-14(23)19(18(11)27-10)30-8-16(29)28-5-4-12-15(7-28)31-21-17(12)20(24)25-9-26-21/h2-3,6,9H,4-5,7-8H2,1H3,(H2,24,25,26). The Morgan fingerprint density at radius 1 is 1.29 bits per heavy atom. The molecule has 0 saturated carbocycles. The third-order valence-corrected chi connectivity index (χ3v) is 7.05. The quantitative estimate of drug-likeness (QED) is 0.473. The lowest BCUT2D eigenvalue weighted by atomic mass is 10.1. The van der Waals surface area contributed by atoms with Crippen molar-refractivity contribution in [2.45, 2.75) is 19.9 Å². The number of ether oxygens (including phenoxy) is 1. The molecule has 158 valence electrons. The van der Waals surface area contributed by atoms with Crippen molar-refractivity contribution < 1.29 is 9.53 Å². The normalized spacial score (nSPS) is 13.6. The molecule has 0 atom stereocenters. The van der Waals surface area contributed by atoms with E-state index in [2.05, 4.69) is 15.0 Å². The number of hydrogen-bond acceptors (Lipinski definition) is 7. The molecule has 5 rings (SSSR count). The van der Waals surface area contributed by atoms with E-state index in [1.807, 2.05) is 19.1 Å². The van der Waals surface area contributed by atoms with Gasteiger partial charge < -0.3 is 15.4 Å². The second-order valence-electron chi connectivity index (χ2n) is 7.31. The van der Waals surface area contributed by atoms with Crippen molar-refractivity contribution in [1.82, 2.24) is 19.9 Å². The molecule has 0 fully saturated rings. The summed E-state index contributed by atoms with van der Waals surface area (Å²) in [5.74, 6) is 0.715. The summed E-state index contributed by atoms with van der Waals surface area (Å²) in [6.07, 6.45) is 2.16. The Bertz CT molecular complexity index is 1360. The maximum absolute atomic E-state index is 12.9. The number of aromatic nitrogens is 3. The average molecular weight is 474 g/mol. The summed E-state index contributed by atoms with van der Waals surface area (Å²) in [4.78, 5) is 29.5. The van der Waals surface area contributed by atoms with Crippen LogP contribution in [0, 0.1) is 6.92 Å². The highest BCUT2D eigenvalue weighted by Gasteiger charge is 2.26. The summed E-state index contributed by atoms with van der Waals surface area (Å²) in [6, 6.07) is 5.34. The molecule has 0 unspecified atom stereocenters. The Kier molecular flexibility index (Phi) is 5.08. The zero-order chi connectivity index (χ0) is 21.7. The molecule has 0 radical (unpaired) electrons. The third kappa shape index (κ3) is 3.54. The number of pyridine rings is 1. The van der Waals surface area contributed by atoms with Gasteiger partial charge in [-0.05, 0) is 37.1 Å². The second kappa shape index (κ2) is 7.78. The van der Waals surface area contributed by atoms with Crippen molar-refractivity contribution in [3.63, 3.8) is 0 Å². The van der Waals surface area contributed by atoms with E-state index in [0.29, 0.717) is 46.6 Å². The summed E-state index contributed by atoms with van der Waals surface area (Å²) in [6.45, 7) is 2.79.